The Morgan fingerprint density at radius 2 is 1.93 bits per heavy atom. The Balaban J connectivity index is 1.72. The van der Waals surface area contributed by atoms with Gasteiger partial charge in [0, 0.05) is 25.7 Å². The zero-order valence-electron chi connectivity index (χ0n) is 16.1. The van der Waals surface area contributed by atoms with Crippen LogP contribution in [-0.4, -0.2) is 50.9 Å². The summed E-state index contributed by atoms with van der Waals surface area (Å²) in [6.07, 6.45) is 3.49. The molecule has 2 aliphatic rings. The van der Waals surface area contributed by atoms with E-state index in [2.05, 4.69) is 5.32 Å². The number of rotatable bonds is 8. The Labute approximate surface area is 161 Å². The van der Waals surface area contributed by atoms with Crippen molar-refractivity contribution in [2.45, 2.75) is 45.6 Å². The number of carbonyl (C=O) groups is 1. The van der Waals surface area contributed by atoms with E-state index in [0.717, 1.165) is 19.3 Å². The van der Waals surface area contributed by atoms with Crippen LogP contribution in [0.25, 0.3) is 0 Å². The normalized spacial score (nSPS) is 20.9. The van der Waals surface area contributed by atoms with Gasteiger partial charge in [-0.15, -0.1) is 0 Å². The second-order valence-electron chi connectivity index (χ2n) is 7.08. The van der Waals surface area contributed by atoms with Crippen LogP contribution >= 0.6 is 0 Å². The lowest BCUT2D eigenvalue weighted by Crippen LogP contribution is -2.50. The third kappa shape index (κ3) is 4.73. The van der Waals surface area contributed by atoms with Gasteiger partial charge in [-0.3, -0.25) is 9.10 Å². The molecule has 1 atom stereocenters. The first-order chi connectivity index (χ1) is 13.0. The van der Waals surface area contributed by atoms with Gasteiger partial charge in [-0.25, -0.2) is 0 Å². The van der Waals surface area contributed by atoms with Crippen LogP contribution in [0.2, 0.25) is 0 Å². The number of anilines is 1. The Morgan fingerprint density at radius 3 is 2.52 bits per heavy atom. The van der Waals surface area contributed by atoms with Gasteiger partial charge in [0.05, 0.1) is 18.2 Å². The van der Waals surface area contributed by atoms with Gasteiger partial charge < -0.3 is 10.1 Å². The van der Waals surface area contributed by atoms with Gasteiger partial charge in [0.25, 0.3) is 0 Å². The van der Waals surface area contributed by atoms with Crippen LogP contribution < -0.4 is 14.4 Å². The number of piperidine rings is 1. The van der Waals surface area contributed by atoms with Crippen LogP contribution in [0.1, 0.15) is 39.5 Å². The van der Waals surface area contributed by atoms with E-state index in [1.807, 2.05) is 13.8 Å². The van der Waals surface area contributed by atoms with Crippen LogP contribution in [-0.2, 0) is 15.0 Å². The third-order valence-corrected chi connectivity index (χ3v) is 7.02. The number of carbonyl (C=O) groups excluding carboxylic acids is 1. The SMILES string of the molecule is CCOc1ccc(N(CC)S(=O)(=O)N2CCC[C@H](C(=O)NC3CC3)C2)cc1. The fourth-order valence-electron chi connectivity index (χ4n) is 3.41. The molecule has 0 radical (unpaired) electrons. The first-order valence-electron chi connectivity index (χ1n) is 9.76. The minimum atomic E-state index is -3.69. The minimum Gasteiger partial charge on any atom is -0.494 e. The van der Waals surface area contributed by atoms with Crippen molar-refractivity contribution in [3.63, 3.8) is 0 Å². The van der Waals surface area contributed by atoms with E-state index < -0.39 is 10.2 Å². The van der Waals surface area contributed by atoms with Gasteiger partial charge in [-0.1, -0.05) is 0 Å². The van der Waals surface area contributed by atoms with Gasteiger partial charge >= 0.3 is 10.2 Å². The Morgan fingerprint density at radius 1 is 1.22 bits per heavy atom. The molecule has 2 fully saturated rings. The van der Waals surface area contributed by atoms with Crippen LogP contribution in [0.4, 0.5) is 5.69 Å². The Bertz CT molecular complexity index is 747. The zero-order valence-corrected chi connectivity index (χ0v) is 16.9. The summed E-state index contributed by atoms with van der Waals surface area (Å²) < 4.78 is 34.7. The molecule has 1 aromatic carbocycles. The highest BCUT2D eigenvalue weighted by Crippen LogP contribution is 2.27. The van der Waals surface area contributed by atoms with Crippen molar-refractivity contribution < 1.29 is 17.9 Å². The van der Waals surface area contributed by atoms with Gasteiger partial charge in [-0.2, -0.15) is 12.7 Å². The van der Waals surface area contributed by atoms with E-state index in [1.165, 1.54) is 8.61 Å². The summed E-state index contributed by atoms with van der Waals surface area (Å²) in [6.45, 7) is 5.30. The number of benzene rings is 1. The molecule has 1 aromatic rings. The summed E-state index contributed by atoms with van der Waals surface area (Å²) in [5.41, 5.74) is 0.602. The van der Waals surface area contributed by atoms with Crippen molar-refractivity contribution in [1.29, 1.82) is 0 Å². The molecule has 0 unspecified atom stereocenters. The van der Waals surface area contributed by atoms with Crippen molar-refractivity contribution >= 4 is 21.8 Å². The smallest absolute Gasteiger partial charge is 0.304 e. The molecule has 1 N–H and O–H groups in total. The highest BCUT2D eigenvalue weighted by atomic mass is 32.2. The van der Waals surface area contributed by atoms with E-state index in [0.29, 0.717) is 43.6 Å². The van der Waals surface area contributed by atoms with Crippen molar-refractivity contribution in [1.82, 2.24) is 9.62 Å². The average molecular weight is 396 g/mol. The fourth-order valence-corrected chi connectivity index (χ4v) is 5.13. The van der Waals surface area contributed by atoms with Crippen molar-refractivity contribution in [3.05, 3.63) is 24.3 Å². The Hall–Kier alpha value is -1.80. The van der Waals surface area contributed by atoms with Gasteiger partial charge in [0.2, 0.25) is 5.91 Å². The molecule has 0 spiro atoms. The van der Waals surface area contributed by atoms with Crippen LogP contribution in [0.15, 0.2) is 24.3 Å². The largest absolute Gasteiger partial charge is 0.494 e. The van der Waals surface area contributed by atoms with E-state index in [9.17, 15) is 13.2 Å². The maximum absolute atomic E-state index is 13.2. The molecule has 3 rings (SSSR count). The predicted octanol–water partition coefficient (Wildman–Crippen LogP) is 2.15. The second kappa shape index (κ2) is 8.48. The molecule has 1 aliphatic carbocycles. The molecule has 0 bridgehead atoms. The van der Waals surface area contributed by atoms with Crippen LogP contribution in [0, 0.1) is 5.92 Å². The number of amides is 1. The minimum absolute atomic E-state index is 0.0125. The molecule has 1 saturated carbocycles. The highest BCUT2D eigenvalue weighted by Gasteiger charge is 2.37. The van der Waals surface area contributed by atoms with E-state index >= 15 is 0 Å². The number of hydrogen-bond donors (Lipinski definition) is 1. The van der Waals surface area contributed by atoms with Crippen LogP contribution in [0.3, 0.4) is 0 Å². The molecule has 27 heavy (non-hydrogen) atoms. The Kier molecular flexibility index (Phi) is 6.26. The molecule has 7 nitrogen and oxygen atoms in total. The first-order valence-corrected chi connectivity index (χ1v) is 11.2. The summed E-state index contributed by atoms with van der Waals surface area (Å²) in [4.78, 5) is 12.4. The maximum Gasteiger partial charge on any atom is 0.304 e. The predicted molar refractivity (Wildman–Crippen MR) is 105 cm³/mol. The average Bonchev–Trinajstić information content (AvgIpc) is 3.48. The topological polar surface area (TPSA) is 79.0 Å². The van der Waals surface area contributed by atoms with E-state index in [1.54, 1.807) is 24.3 Å². The van der Waals surface area contributed by atoms with Gasteiger partial charge in [-0.05, 0) is 63.8 Å². The number of hydrogen-bond acceptors (Lipinski definition) is 4. The molecular weight excluding hydrogens is 366 g/mol. The molecular formula is C19H29N3O4S. The van der Waals surface area contributed by atoms with E-state index in [-0.39, 0.29) is 18.4 Å². The highest BCUT2D eigenvalue weighted by molar-refractivity contribution is 7.90. The first kappa shape index (κ1) is 19.9. The lowest BCUT2D eigenvalue weighted by Gasteiger charge is -2.35. The molecule has 1 saturated heterocycles. The lowest BCUT2D eigenvalue weighted by atomic mass is 9.99. The standard InChI is InChI=1S/C19H29N3O4S/c1-3-22(17-9-11-18(12-10-17)26-4-2)27(24,25)21-13-5-6-15(14-21)19(23)20-16-7-8-16/h9-12,15-16H,3-8,13-14H2,1-2H3,(H,20,23)/t15-/m0/s1. The zero-order chi connectivity index (χ0) is 19.4. The second-order valence-corrected chi connectivity index (χ2v) is 8.93. The van der Waals surface area contributed by atoms with Crippen molar-refractivity contribution in [2.75, 3.05) is 30.5 Å². The van der Waals surface area contributed by atoms with Crippen molar-refractivity contribution in [3.8, 4) is 5.75 Å². The molecule has 0 aromatic heterocycles. The summed E-state index contributed by atoms with van der Waals surface area (Å²) in [6, 6.07) is 7.36. The third-order valence-electron chi connectivity index (χ3n) is 5.01. The monoisotopic (exact) mass is 395 g/mol. The summed E-state index contributed by atoms with van der Waals surface area (Å²) >= 11 is 0. The number of nitrogens with zero attached hydrogens (tertiary/aromatic N) is 2. The number of nitrogens with one attached hydrogen (secondary N) is 1. The summed E-state index contributed by atoms with van der Waals surface area (Å²) in [7, 11) is -3.69. The quantitative estimate of drug-likeness (QED) is 0.731. The maximum atomic E-state index is 13.2. The fraction of sp³-hybridized carbons (Fsp3) is 0.632. The van der Waals surface area contributed by atoms with E-state index in [4.69, 9.17) is 4.74 Å². The van der Waals surface area contributed by atoms with Gasteiger partial charge in [0.15, 0.2) is 0 Å². The lowest BCUT2D eigenvalue weighted by molar-refractivity contribution is -0.126. The molecule has 1 aliphatic heterocycles. The molecule has 1 amide bonds. The summed E-state index contributed by atoms with van der Waals surface area (Å²) in [5.74, 6) is 0.430. The molecule has 150 valence electrons. The van der Waals surface area contributed by atoms with Crippen LogP contribution in [0.5, 0.6) is 5.75 Å². The van der Waals surface area contributed by atoms with Crippen molar-refractivity contribution in [2.24, 2.45) is 5.92 Å². The molecule has 8 heteroatoms. The summed E-state index contributed by atoms with van der Waals surface area (Å²) in [5, 5.41) is 3.00. The molecule has 1 heterocycles. The van der Waals surface area contributed by atoms with Gasteiger partial charge in [0.1, 0.15) is 5.75 Å². The number of ether oxygens (including phenoxy) is 1.